The zero-order valence-corrected chi connectivity index (χ0v) is 13.4. The molecule has 0 amide bonds. The van der Waals surface area contributed by atoms with E-state index in [1.165, 1.54) is 14.2 Å². The average Bonchev–Trinajstić information content (AvgIpc) is 2.83. The number of hydrogen-bond acceptors (Lipinski definition) is 4. The maximum atomic E-state index is 12.2. The van der Waals surface area contributed by atoms with Crippen LogP contribution in [0, 0.1) is 0 Å². The quantitative estimate of drug-likeness (QED) is 0.784. The van der Waals surface area contributed by atoms with Crippen molar-refractivity contribution >= 4 is 29.2 Å². The summed E-state index contributed by atoms with van der Waals surface area (Å²) in [4.78, 5) is 12.2. The Morgan fingerprint density at radius 3 is 2.50 bits per heavy atom. The van der Waals surface area contributed by atoms with Gasteiger partial charge in [-0.3, -0.25) is 0 Å². The van der Waals surface area contributed by atoms with Crippen molar-refractivity contribution in [3.63, 3.8) is 0 Å². The van der Waals surface area contributed by atoms with Crippen LogP contribution in [-0.2, 0) is 4.74 Å². The van der Waals surface area contributed by atoms with E-state index in [1.54, 1.807) is 30.3 Å². The molecule has 0 bridgehead atoms. The molecule has 6 heteroatoms. The second-order valence-corrected chi connectivity index (χ2v) is 5.59. The number of methoxy groups -OCH3 is 2. The van der Waals surface area contributed by atoms with Crippen LogP contribution in [0.2, 0.25) is 10.0 Å². The Bertz CT molecular complexity index is 758. The molecule has 2 aromatic rings. The number of halogens is 2. The minimum atomic E-state index is -0.631. The molecule has 3 rings (SSSR count). The van der Waals surface area contributed by atoms with Gasteiger partial charge < -0.3 is 14.2 Å². The Hall–Kier alpha value is -1.91. The maximum absolute atomic E-state index is 12.2. The number of benzene rings is 2. The van der Waals surface area contributed by atoms with Crippen molar-refractivity contribution in [1.82, 2.24) is 0 Å². The topological polar surface area (TPSA) is 44.8 Å². The van der Waals surface area contributed by atoms with Gasteiger partial charge in [0.2, 0.25) is 0 Å². The minimum Gasteiger partial charge on any atom is -0.497 e. The Morgan fingerprint density at radius 1 is 1.09 bits per heavy atom. The standard InChI is InChI=1S/C16H12Cl2O4/c1-20-9-6-11-14(13(7-9)21-2)15(22-16(11)19)10-4-3-8(17)5-12(10)18/h3-7,15H,1-2H3/t15-/m0/s1. The van der Waals surface area contributed by atoms with Gasteiger partial charge >= 0.3 is 5.97 Å². The fourth-order valence-electron chi connectivity index (χ4n) is 2.49. The van der Waals surface area contributed by atoms with E-state index >= 15 is 0 Å². The van der Waals surface area contributed by atoms with Crippen LogP contribution in [-0.4, -0.2) is 20.2 Å². The summed E-state index contributed by atoms with van der Waals surface area (Å²) < 4.78 is 16.0. The van der Waals surface area contributed by atoms with E-state index in [-0.39, 0.29) is 0 Å². The highest BCUT2D eigenvalue weighted by Crippen LogP contribution is 2.45. The predicted octanol–water partition coefficient (Wildman–Crippen LogP) is 4.27. The smallest absolute Gasteiger partial charge is 0.339 e. The first kappa shape index (κ1) is 15.0. The summed E-state index contributed by atoms with van der Waals surface area (Å²) in [6.45, 7) is 0. The fraction of sp³-hybridized carbons (Fsp3) is 0.188. The van der Waals surface area contributed by atoms with Crippen molar-refractivity contribution in [3.8, 4) is 11.5 Å². The van der Waals surface area contributed by atoms with Gasteiger partial charge in [0.15, 0.2) is 6.10 Å². The molecular weight excluding hydrogens is 327 g/mol. The van der Waals surface area contributed by atoms with Crippen LogP contribution >= 0.6 is 23.2 Å². The van der Waals surface area contributed by atoms with E-state index in [9.17, 15) is 4.79 Å². The van der Waals surface area contributed by atoms with Gasteiger partial charge in [-0.25, -0.2) is 4.79 Å². The molecule has 0 unspecified atom stereocenters. The first-order chi connectivity index (χ1) is 10.5. The lowest BCUT2D eigenvalue weighted by molar-refractivity contribution is 0.0454. The van der Waals surface area contributed by atoms with Gasteiger partial charge in [0.1, 0.15) is 11.5 Å². The van der Waals surface area contributed by atoms with Gasteiger partial charge in [-0.1, -0.05) is 29.3 Å². The highest BCUT2D eigenvalue weighted by Gasteiger charge is 2.37. The van der Waals surface area contributed by atoms with Crippen LogP contribution in [0.3, 0.4) is 0 Å². The van der Waals surface area contributed by atoms with Crippen molar-refractivity contribution in [3.05, 3.63) is 57.1 Å². The maximum Gasteiger partial charge on any atom is 0.339 e. The van der Waals surface area contributed by atoms with Crippen molar-refractivity contribution in [2.75, 3.05) is 14.2 Å². The van der Waals surface area contributed by atoms with Gasteiger partial charge in [-0.15, -0.1) is 0 Å². The van der Waals surface area contributed by atoms with Gasteiger partial charge in [0, 0.05) is 21.7 Å². The fourth-order valence-corrected chi connectivity index (χ4v) is 3.00. The number of carbonyl (C=O) groups excluding carboxylic acids is 1. The molecule has 0 aliphatic carbocycles. The molecule has 1 heterocycles. The van der Waals surface area contributed by atoms with Crippen LogP contribution in [0.5, 0.6) is 11.5 Å². The Kier molecular flexibility index (Phi) is 3.89. The van der Waals surface area contributed by atoms with Crippen LogP contribution < -0.4 is 9.47 Å². The number of rotatable bonds is 3. The summed E-state index contributed by atoms with van der Waals surface area (Å²) in [5, 5.41) is 0.941. The number of esters is 1. The third kappa shape index (κ3) is 2.38. The number of carbonyl (C=O) groups is 1. The number of fused-ring (bicyclic) bond motifs is 1. The molecule has 0 aromatic heterocycles. The highest BCUT2D eigenvalue weighted by molar-refractivity contribution is 6.35. The molecule has 0 N–H and O–H groups in total. The Labute approximate surface area is 137 Å². The highest BCUT2D eigenvalue weighted by atomic mass is 35.5. The zero-order valence-electron chi connectivity index (χ0n) is 11.9. The van der Waals surface area contributed by atoms with Crippen molar-refractivity contribution < 1.29 is 19.0 Å². The first-order valence-electron chi connectivity index (χ1n) is 6.47. The minimum absolute atomic E-state index is 0.409. The van der Waals surface area contributed by atoms with Crippen LogP contribution in [0.1, 0.15) is 27.6 Å². The molecule has 4 nitrogen and oxygen atoms in total. The lowest BCUT2D eigenvalue weighted by Crippen LogP contribution is -2.03. The lowest BCUT2D eigenvalue weighted by Gasteiger charge is -2.16. The summed E-state index contributed by atoms with van der Waals surface area (Å²) >= 11 is 12.2. The van der Waals surface area contributed by atoms with E-state index in [0.717, 1.165) is 0 Å². The molecule has 0 saturated heterocycles. The summed E-state index contributed by atoms with van der Waals surface area (Å²) in [5.74, 6) is 0.592. The molecule has 2 aromatic carbocycles. The van der Waals surface area contributed by atoms with E-state index in [0.29, 0.717) is 38.2 Å². The summed E-state index contributed by atoms with van der Waals surface area (Å²) in [6.07, 6.45) is -0.631. The molecule has 0 saturated carbocycles. The number of cyclic esters (lactones) is 1. The van der Waals surface area contributed by atoms with Gasteiger partial charge in [0.25, 0.3) is 0 Å². The van der Waals surface area contributed by atoms with Gasteiger partial charge in [-0.2, -0.15) is 0 Å². The summed E-state index contributed by atoms with van der Waals surface area (Å²) in [7, 11) is 3.05. The second-order valence-electron chi connectivity index (χ2n) is 4.74. The van der Waals surface area contributed by atoms with Gasteiger partial charge in [-0.05, 0) is 18.2 Å². The number of hydrogen-bond donors (Lipinski definition) is 0. The summed E-state index contributed by atoms with van der Waals surface area (Å²) in [5.41, 5.74) is 1.70. The van der Waals surface area contributed by atoms with Crippen molar-refractivity contribution in [2.24, 2.45) is 0 Å². The lowest BCUT2D eigenvalue weighted by atomic mass is 9.98. The van der Waals surface area contributed by atoms with E-state index in [1.807, 2.05) is 0 Å². The van der Waals surface area contributed by atoms with Crippen LogP contribution in [0.4, 0.5) is 0 Å². The monoisotopic (exact) mass is 338 g/mol. The SMILES string of the molecule is COc1cc(OC)c2c(c1)C(=O)O[C@H]2c1ccc(Cl)cc1Cl. The molecule has 1 aliphatic rings. The van der Waals surface area contributed by atoms with E-state index in [2.05, 4.69) is 0 Å². The van der Waals surface area contributed by atoms with E-state index in [4.69, 9.17) is 37.4 Å². The molecule has 22 heavy (non-hydrogen) atoms. The largest absolute Gasteiger partial charge is 0.497 e. The van der Waals surface area contributed by atoms with Crippen molar-refractivity contribution in [1.29, 1.82) is 0 Å². The summed E-state index contributed by atoms with van der Waals surface area (Å²) in [6, 6.07) is 8.38. The van der Waals surface area contributed by atoms with Crippen LogP contribution in [0.25, 0.3) is 0 Å². The van der Waals surface area contributed by atoms with Gasteiger partial charge in [0.05, 0.1) is 25.3 Å². The normalized spacial score (nSPS) is 16.2. The number of ether oxygens (including phenoxy) is 3. The van der Waals surface area contributed by atoms with Crippen molar-refractivity contribution in [2.45, 2.75) is 6.10 Å². The van der Waals surface area contributed by atoms with E-state index < -0.39 is 12.1 Å². The average molecular weight is 339 g/mol. The molecule has 1 aliphatic heterocycles. The molecule has 0 spiro atoms. The molecule has 0 fully saturated rings. The zero-order chi connectivity index (χ0) is 15.9. The second kappa shape index (κ2) is 5.71. The molecule has 114 valence electrons. The molecule has 0 radical (unpaired) electrons. The first-order valence-corrected chi connectivity index (χ1v) is 7.22. The Morgan fingerprint density at radius 2 is 1.86 bits per heavy atom. The predicted molar refractivity (Wildman–Crippen MR) is 83.3 cm³/mol. The molecular formula is C16H12Cl2O4. The molecule has 1 atom stereocenters. The third-order valence-corrected chi connectivity index (χ3v) is 4.09. The third-order valence-electron chi connectivity index (χ3n) is 3.52. The Balaban J connectivity index is 2.18. The van der Waals surface area contributed by atoms with Crippen LogP contribution in [0.15, 0.2) is 30.3 Å².